The Hall–Kier alpha value is -1.59. The van der Waals surface area contributed by atoms with E-state index in [0.717, 1.165) is 44.1 Å². The van der Waals surface area contributed by atoms with Crippen molar-refractivity contribution in [3.63, 3.8) is 0 Å². The Balaban J connectivity index is 1.15. The maximum absolute atomic E-state index is 13.0. The topological polar surface area (TPSA) is 36.0 Å². The molecule has 0 unspecified atom stereocenters. The van der Waals surface area contributed by atoms with Gasteiger partial charge in [0.1, 0.15) is 0 Å². The average molecular weight is 426 g/mol. The molecule has 0 bridgehead atoms. The molecule has 31 heavy (non-hydrogen) atoms. The second kappa shape index (κ2) is 9.11. The van der Waals surface area contributed by atoms with Crippen LogP contribution in [0.5, 0.6) is 0 Å². The number of benzene rings is 1. The minimum Gasteiger partial charge on any atom is -0.383 e. The van der Waals surface area contributed by atoms with E-state index in [0.29, 0.717) is 12.0 Å². The molecule has 0 radical (unpaired) electrons. The van der Waals surface area contributed by atoms with Gasteiger partial charge in [-0.25, -0.2) is 0 Å². The molecule has 1 spiro atoms. The van der Waals surface area contributed by atoms with Crippen LogP contribution >= 0.6 is 0 Å². The number of piperidine rings is 2. The van der Waals surface area contributed by atoms with Crippen LogP contribution in [0.2, 0.25) is 0 Å². The molecule has 1 amide bonds. The van der Waals surface area contributed by atoms with Crippen molar-refractivity contribution in [1.82, 2.24) is 9.80 Å². The van der Waals surface area contributed by atoms with Crippen molar-refractivity contribution in [3.05, 3.63) is 29.8 Å². The maximum atomic E-state index is 13.0. The predicted octanol–water partition coefficient (Wildman–Crippen LogP) is 4.17. The first-order valence-electron chi connectivity index (χ1n) is 12.6. The molecule has 1 aliphatic carbocycles. The van der Waals surface area contributed by atoms with Crippen LogP contribution in [0.4, 0.5) is 5.69 Å². The fraction of sp³-hybridized carbons (Fsp3) is 0.731. The Kier molecular flexibility index (Phi) is 6.25. The van der Waals surface area contributed by atoms with Crippen molar-refractivity contribution in [2.45, 2.75) is 69.9 Å². The van der Waals surface area contributed by atoms with Gasteiger partial charge in [-0.15, -0.1) is 0 Å². The monoisotopic (exact) mass is 425 g/mol. The van der Waals surface area contributed by atoms with Crippen LogP contribution in [0.1, 0.15) is 68.1 Å². The van der Waals surface area contributed by atoms with E-state index in [4.69, 9.17) is 4.74 Å². The molecule has 5 rings (SSSR count). The lowest BCUT2D eigenvalue weighted by Gasteiger charge is -2.50. The minimum atomic E-state index is 0.155. The summed E-state index contributed by atoms with van der Waals surface area (Å²) in [4.78, 5) is 20.3. The molecule has 5 heteroatoms. The van der Waals surface area contributed by atoms with Gasteiger partial charge in [-0.2, -0.15) is 0 Å². The number of nitrogens with zero attached hydrogens (tertiary/aromatic N) is 3. The minimum absolute atomic E-state index is 0.155. The van der Waals surface area contributed by atoms with Crippen molar-refractivity contribution in [1.29, 1.82) is 0 Å². The SMILES string of the molecule is COC[C@H]1CCCN1C(=O)c1ccc(N2CCC3(CC2)CCN(C2CCC2)CC3)cc1. The van der Waals surface area contributed by atoms with Crippen molar-refractivity contribution in [3.8, 4) is 0 Å². The molecule has 1 aromatic carbocycles. The number of carbonyl (C=O) groups excluding carboxylic acids is 1. The first-order chi connectivity index (χ1) is 15.2. The Morgan fingerprint density at radius 3 is 2.23 bits per heavy atom. The zero-order chi connectivity index (χ0) is 21.3. The van der Waals surface area contributed by atoms with Crippen LogP contribution in [-0.2, 0) is 4.74 Å². The number of ether oxygens (including phenoxy) is 1. The standard InChI is InChI=1S/C26H39N3O2/c1-31-20-24-6-3-15-29(24)25(30)21-7-9-23(10-8-21)28-18-13-26(14-19-28)11-16-27(17-12-26)22-4-2-5-22/h7-10,22,24H,2-6,11-20H2,1H3/t24-/m1/s1. The summed E-state index contributed by atoms with van der Waals surface area (Å²) in [5.74, 6) is 0.155. The summed E-state index contributed by atoms with van der Waals surface area (Å²) in [6, 6.07) is 9.51. The van der Waals surface area contributed by atoms with Gasteiger partial charge in [-0.05, 0) is 94.1 Å². The lowest BCUT2D eigenvalue weighted by atomic mass is 9.70. The van der Waals surface area contributed by atoms with Gasteiger partial charge in [-0.3, -0.25) is 4.79 Å². The molecular formula is C26H39N3O2. The first kappa shape index (κ1) is 21.3. The van der Waals surface area contributed by atoms with Crippen LogP contribution in [0.15, 0.2) is 24.3 Å². The van der Waals surface area contributed by atoms with Gasteiger partial charge in [0.2, 0.25) is 0 Å². The van der Waals surface area contributed by atoms with Gasteiger partial charge in [0.15, 0.2) is 0 Å². The zero-order valence-corrected chi connectivity index (χ0v) is 19.2. The molecule has 3 saturated heterocycles. The molecule has 5 nitrogen and oxygen atoms in total. The van der Waals surface area contributed by atoms with Crippen molar-refractivity contribution < 1.29 is 9.53 Å². The van der Waals surface area contributed by atoms with E-state index in [9.17, 15) is 4.79 Å². The Morgan fingerprint density at radius 2 is 1.61 bits per heavy atom. The van der Waals surface area contributed by atoms with Gasteiger partial charge < -0.3 is 19.4 Å². The molecule has 1 saturated carbocycles. The lowest BCUT2D eigenvalue weighted by molar-refractivity contribution is 0.0306. The summed E-state index contributed by atoms with van der Waals surface area (Å²) < 4.78 is 5.31. The number of carbonyl (C=O) groups is 1. The number of likely N-dealkylation sites (tertiary alicyclic amines) is 2. The van der Waals surface area contributed by atoms with Crippen molar-refractivity contribution >= 4 is 11.6 Å². The molecule has 4 fully saturated rings. The maximum Gasteiger partial charge on any atom is 0.254 e. The number of rotatable bonds is 5. The summed E-state index contributed by atoms with van der Waals surface area (Å²) >= 11 is 0. The number of amides is 1. The Morgan fingerprint density at radius 1 is 0.935 bits per heavy atom. The smallest absolute Gasteiger partial charge is 0.254 e. The molecule has 3 heterocycles. The molecule has 1 atom stereocenters. The van der Waals surface area contributed by atoms with Gasteiger partial charge >= 0.3 is 0 Å². The zero-order valence-electron chi connectivity index (χ0n) is 19.2. The van der Waals surface area contributed by atoms with Crippen LogP contribution in [0.3, 0.4) is 0 Å². The van der Waals surface area contributed by atoms with Gasteiger partial charge in [0.25, 0.3) is 5.91 Å². The fourth-order valence-corrected chi connectivity index (χ4v) is 6.30. The molecule has 4 aliphatic rings. The van der Waals surface area contributed by atoms with E-state index < -0.39 is 0 Å². The highest BCUT2D eigenvalue weighted by molar-refractivity contribution is 5.95. The second-order valence-corrected chi connectivity index (χ2v) is 10.4. The number of hydrogen-bond donors (Lipinski definition) is 0. The number of methoxy groups -OCH3 is 1. The molecule has 1 aromatic rings. The van der Waals surface area contributed by atoms with E-state index in [1.54, 1.807) is 7.11 Å². The third-order valence-electron chi connectivity index (χ3n) is 8.75. The molecular weight excluding hydrogens is 386 g/mol. The van der Waals surface area contributed by atoms with Crippen LogP contribution < -0.4 is 4.90 Å². The normalized spacial score (nSPS) is 26.9. The van der Waals surface area contributed by atoms with Crippen LogP contribution in [-0.4, -0.2) is 74.2 Å². The van der Waals surface area contributed by atoms with Gasteiger partial charge in [0.05, 0.1) is 12.6 Å². The van der Waals surface area contributed by atoms with Crippen LogP contribution in [0, 0.1) is 5.41 Å². The summed E-state index contributed by atoms with van der Waals surface area (Å²) in [6.07, 6.45) is 11.9. The summed E-state index contributed by atoms with van der Waals surface area (Å²) in [5.41, 5.74) is 2.66. The Bertz CT molecular complexity index is 742. The quantitative estimate of drug-likeness (QED) is 0.709. The van der Waals surface area contributed by atoms with Crippen molar-refractivity contribution in [2.75, 3.05) is 51.3 Å². The molecule has 0 aromatic heterocycles. The third kappa shape index (κ3) is 4.36. The largest absolute Gasteiger partial charge is 0.383 e. The summed E-state index contributed by atoms with van der Waals surface area (Å²) in [7, 11) is 1.72. The number of anilines is 1. The van der Waals surface area contributed by atoms with Gasteiger partial charge in [0, 0.05) is 44.0 Å². The summed E-state index contributed by atoms with van der Waals surface area (Å²) in [5, 5.41) is 0. The molecule has 3 aliphatic heterocycles. The number of hydrogen-bond acceptors (Lipinski definition) is 4. The second-order valence-electron chi connectivity index (χ2n) is 10.4. The molecule has 0 N–H and O–H groups in total. The predicted molar refractivity (Wildman–Crippen MR) is 125 cm³/mol. The Labute approximate surface area is 187 Å². The van der Waals surface area contributed by atoms with Crippen molar-refractivity contribution in [2.24, 2.45) is 5.41 Å². The van der Waals surface area contributed by atoms with E-state index in [2.05, 4.69) is 21.9 Å². The van der Waals surface area contributed by atoms with Gasteiger partial charge in [-0.1, -0.05) is 6.42 Å². The highest BCUT2D eigenvalue weighted by atomic mass is 16.5. The highest BCUT2D eigenvalue weighted by Gasteiger charge is 2.39. The lowest BCUT2D eigenvalue weighted by Crippen LogP contribution is -2.50. The average Bonchev–Trinajstić information content (AvgIpc) is 3.23. The highest BCUT2D eigenvalue weighted by Crippen LogP contribution is 2.43. The van der Waals surface area contributed by atoms with Crippen LogP contribution in [0.25, 0.3) is 0 Å². The first-order valence-corrected chi connectivity index (χ1v) is 12.6. The van der Waals surface area contributed by atoms with E-state index in [-0.39, 0.29) is 11.9 Å². The van der Waals surface area contributed by atoms with E-state index in [1.807, 2.05) is 17.0 Å². The summed E-state index contributed by atoms with van der Waals surface area (Å²) in [6.45, 7) is 6.43. The van der Waals surface area contributed by atoms with E-state index in [1.165, 1.54) is 63.7 Å². The fourth-order valence-electron chi connectivity index (χ4n) is 6.30. The third-order valence-corrected chi connectivity index (χ3v) is 8.75. The molecule has 170 valence electrons. The van der Waals surface area contributed by atoms with E-state index >= 15 is 0 Å².